The fourth-order valence-corrected chi connectivity index (χ4v) is 1.65. The van der Waals surface area contributed by atoms with Crippen molar-refractivity contribution in [3.05, 3.63) is 35.9 Å². The van der Waals surface area contributed by atoms with Crippen LogP contribution in [0.5, 0.6) is 0 Å². The summed E-state index contributed by atoms with van der Waals surface area (Å²) in [6.07, 6.45) is -0.782. The van der Waals surface area contributed by atoms with Gasteiger partial charge in [0.1, 0.15) is 0 Å². The lowest BCUT2D eigenvalue weighted by molar-refractivity contribution is -0.159. The number of amides is 1. The maximum atomic E-state index is 12.2. The first kappa shape index (κ1) is 15.2. The molecule has 1 aromatic carbocycles. The summed E-state index contributed by atoms with van der Waals surface area (Å²) < 4.78 is 5.23. The third-order valence-corrected chi connectivity index (χ3v) is 3.01. The summed E-state index contributed by atoms with van der Waals surface area (Å²) in [4.78, 5) is 23.7. The normalized spacial score (nSPS) is 12.6. The van der Waals surface area contributed by atoms with Gasteiger partial charge in [0, 0.05) is 6.54 Å². The lowest BCUT2D eigenvalue weighted by Gasteiger charge is -2.25. The Balaban J connectivity index is 2.75. The third kappa shape index (κ3) is 3.81. The number of carbonyl (C=O) groups excluding carboxylic acids is 2. The fraction of sp³-hybridized carbons (Fsp3) is 0.467. The predicted molar refractivity (Wildman–Crippen MR) is 73.7 cm³/mol. The molecule has 0 saturated carbocycles. The third-order valence-electron chi connectivity index (χ3n) is 3.01. The van der Waals surface area contributed by atoms with Crippen LogP contribution >= 0.6 is 0 Å². The van der Waals surface area contributed by atoms with Crippen LogP contribution in [0.15, 0.2) is 30.3 Å². The van der Waals surface area contributed by atoms with Crippen LogP contribution in [0.3, 0.4) is 0 Å². The van der Waals surface area contributed by atoms with E-state index in [-0.39, 0.29) is 5.91 Å². The SMILES string of the molecule is CCNC(=O)[C@@H](C)OC(=O)C(C)(C)c1ccccc1. The number of carbonyl (C=O) groups is 2. The van der Waals surface area contributed by atoms with Crippen LogP contribution in [0.4, 0.5) is 0 Å². The first-order valence-corrected chi connectivity index (χ1v) is 6.44. The van der Waals surface area contributed by atoms with Gasteiger partial charge in [-0.25, -0.2) is 0 Å². The number of likely N-dealkylation sites (N-methyl/N-ethyl adjacent to an activating group) is 1. The highest BCUT2D eigenvalue weighted by atomic mass is 16.5. The van der Waals surface area contributed by atoms with E-state index in [1.54, 1.807) is 20.8 Å². The van der Waals surface area contributed by atoms with Crippen molar-refractivity contribution in [1.29, 1.82) is 0 Å². The average molecular weight is 263 g/mol. The Bertz CT molecular complexity index is 440. The minimum atomic E-state index is -0.782. The zero-order valence-corrected chi connectivity index (χ0v) is 11.9. The number of ether oxygens (including phenoxy) is 1. The molecule has 0 saturated heterocycles. The Labute approximate surface area is 114 Å². The largest absolute Gasteiger partial charge is 0.452 e. The quantitative estimate of drug-likeness (QED) is 0.827. The Morgan fingerprint density at radius 3 is 2.37 bits per heavy atom. The molecule has 1 atom stereocenters. The predicted octanol–water partition coefficient (Wildman–Crippen LogP) is 2.03. The number of benzene rings is 1. The topological polar surface area (TPSA) is 55.4 Å². The van der Waals surface area contributed by atoms with Crippen LogP contribution < -0.4 is 5.32 Å². The van der Waals surface area contributed by atoms with Gasteiger partial charge >= 0.3 is 5.97 Å². The van der Waals surface area contributed by atoms with Crippen LogP contribution in [-0.4, -0.2) is 24.5 Å². The molecule has 1 rings (SSSR count). The van der Waals surface area contributed by atoms with Crippen molar-refractivity contribution in [2.75, 3.05) is 6.54 Å². The van der Waals surface area contributed by atoms with Crippen molar-refractivity contribution in [3.8, 4) is 0 Å². The minimum absolute atomic E-state index is 0.278. The molecular formula is C15H21NO3. The molecule has 0 fully saturated rings. The van der Waals surface area contributed by atoms with Crippen molar-refractivity contribution >= 4 is 11.9 Å². The van der Waals surface area contributed by atoms with Gasteiger partial charge in [-0.1, -0.05) is 30.3 Å². The molecule has 0 heterocycles. The maximum absolute atomic E-state index is 12.2. The van der Waals surface area contributed by atoms with E-state index < -0.39 is 17.5 Å². The zero-order chi connectivity index (χ0) is 14.5. The molecule has 4 heteroatoms. The monoisotopic (exact) mass is 263 g/mol. The molecule has 0 unspecified atom stereocenters. The first-order valence-electron chi connectivity index (χ1n) is 6.44. The molecule has 0 aliphatic rings. The van der Waals surface area contributed by atoms with Gasteiger partial charge in [-0.3, -0.25) is 9.59 Å². The van der Waals surface area contributed by atoms with Crippen molar-refractivity contribution in [2.45, 2.75) is 39.2 Å². The molecule has 1 amide bonds. The molecule has 4 nitrogen and oxygen atoms in total. The summed E-state index contributed by atoms with van der Waals surface area (Å²) >= 11 is 0. The number of rotatable bonds is 5. The van der Waals surface area contributed by atoms with Gasteiger partial charge in [0.05, 0.1) is 5.41 Å². The van der Waals surface area contributed by atoms with Gasteiger partial charge in [-0.15, -0.1) is 0 Å². The van der Waals surface area contributed by atoms with Gasteiger partial charge in [0.15, 0.2) is 6.10 Å². The molecule has 0 aliphatic heterocycles. The second-order valence-corrected chi connectivity index (χ2v) is 4.93. The van der Waals surface area contributed by atoms with E-state index in [1.165, 1.54) is 0 Å². The Morgan fingerprint density at radius 1 is 1.26 bits per heavy atom. The molecule has 104 valence electrons. The summed E-state index contributed by atoms with van der Waals surface area (Å²) in [7, 11) is 0. The number of hydrogen-bond donors (Lipinski definition) is 1. The van der Waals surface area contributed by atoms with E-state index in [2.05, 4.69) is 5.32 Å². The molecule has 0 radical (unpaired) electrons. The van der Waals surface area contributed by atoms with E-state index in [4.69, 9.17) is 4.74 Å². The second-order valence-electron chi connectivity index (χ2n) is 4.93. The Kier molecular flexibility index (Phi) is 5.10. The van der Waals surface area contributed by atoms with E-state index in [9.17, 15) is 9.59 Å². The van der Waals surface area contributed by atoms with Crippen LogP contribution in [0.25, 0.3) is 0 Å². The van der Waals surface area contributed by atoms with Crippen molar-refractivity contribution in [1.82, 2.24) is 5.32 Å². The van der Waals surface area contributed by atoms with Crippen molar-refractivity contribution < 1.29 is 14.3 Å². The van der Waals surface area contributed by atoms with E-state index >= 15 is 0 Å². The zero-order valence-electron chi connectivity index (χ0n) is 11.9. The fourth-order valence-electron chi connectivity index (χ4n) is 1.65. The highest BCUT2D eigenvalue weighted by Crippen LogP contribution is 2.24. The van der Waals surface area contributed by atoms with Gasteiger partial charge in [0.25, 0.3) is 5.91 Å². The highest BCUT2D eigenvalue weighted by Gasteiger charge is 2.33. The molecular weight excluding hydrogens is 242 g/mol. The van der Waals surface area contributed by atoms with Gasteiger partial charge < -0.3 is 10.1 Å². The summed E-state index contributed by atoms with van der Waals surface area (Å²) in [6, 6.07) is 9.38. The number of hydrogen-bond acceptors (Lipinski definition) is 3. The van der Waals surface area contributed by atoms with E-state index in [1.807, 2.05) is 37.3 Å². The summed E-state index contributed by atoms with van der Waals surface area (Å²) in [5.41, 5.74) is 0.0882. The van der Waals surface area contributed by atoms with Crippen LogP contribution in [0.1, 0.15) is 33.3 Å². The lowest BCUT2D eigenvalue weighted by atomic mass is 9.85. The van der Waals surface area contributed by atoms with E-state index in [0.29, 0.717) is 6.54 Å². The summed E-state index contributed by atoms with van der Waals surface area (Å²) in [6.45, 7) is 7.48. The Hall–Kier alpha value is -1.84. The average Bonchev–Trinajstić information content (AvgIpc) is 2.39. The van der Waals surface area contributed by atoms with Gasteiger partial charge in [-0.05, 0) is 33.3 Å². The lowest BCUT2D eigenvalue weighted by Crippen LogP contribution is -2.40. The summed E-state index contributed by atoms with van der Waals surface area (Å²) in [5.74, 6) is -0.683. The van der Waals surface area contributed by atoms with Crippen LogP contribution in [-0.2, 0) is 19.7 Å². The number of nitrogens with one attached hydrogen (secondary N) is 1. The Morgan fingerprint density at radius 2 is 1.84 bits per heavy atom. The van der Waals surface area contributed by atoms with Crippen molar-refractivity contribution in [2.24, 2.45) is 0 Å². The van der Waals surface area contributed by atoms with Crippen LogP contribution in [0.2, 0.25) is 0 Å². The summed E-state index contributed by atoms with van der Waals surface area (Å²) in [5, 5.41) is 2.63. The highest BCUT2D eigenvalue weighted by molar-refractivity contribution is 5.87. The molecule has 1 aromatic rings. The molecule has 1 N–H and O–H groups in total. The second kappa shape index (κ2) is 6.36. The molecule has 0 aromatic heterocycles. The maximum Gasteiger partial charge on any atom is 0.316 e. The molecule has 0 bridgehead atoms. The van der Waals surface area contributed by atoms with Crippen molar-refractivity contribution in [3.63, 3.8) is 0 Å². The van der Waals surface area contributed by atoms with Gasteiger partial charge in [-0.2, -0.15) is 0 Å². The first-order chi connectivity index (χ1) is 8.89. The number of esters is 1. The molecule has 0 aliphatic carbocycles. The van der Waals surface area contributed by atoms with Gasteiger partial charge in [0.2, 0.25) is 0 Å². The minimum Gasteiger partial charge on any atom is -0.452 e. The molecule has 0 spiro atoms. The smallest absolute Gasteiger partial charge is 0.316 e. The van der Waals surface area contributed by atoms with E-state index in [0.717, 1.165) is 5.56 Å². The van der Waals surface area contributed by atoms with Crippen LogP contribution in [0, 0.1) is 0 Å². The standard InChI is InChI=1S/C15H21NO3/c1-5-16-13(17)11(2)19-14(18)15(3,4)12-9-7-6-8-10-12/h6-11H,5H2,1-4H3,(H,16,17)/t11-/m1/s1. The molecule has 19 heavy (non-hydrogen) atoms.